The summed E-state index contributed by atoms with van der Waals surface area (Å²) in [5.74, 6) is -1.86. The summed E-state index contributed by atoms with van der Waals surface area (Å²) >= 11 is 3.19. The number of halogens is 2. The van der Waals surface area contributed by atoms with Gasteiger partial charge in [0.2, 0.25) is 0 Å². The zero-order chi connectivity index (χ0) is 10.7. The third-order valence-corrected chi connectivity index (χ3v) is 2.74. The molecule has 0 bridgehead atoms. The Morgan fingerprint density at radius 3 is 2.79 bits per heavy atom. The van der Waals surface area contributed by atoms with Gasteiger partial charge in [-0.05, 0) is 18.6 Å². The van der Waals surface area contributed by atoms with Gasteiger partial charge in [0.05, 0.1) is 5.92 Å². The van der Waals surface area contributed by atoms with E-state index in [2.05, 4.69) is 15.9 Å². The highest BCUT2D eigenvalue weighted by atomic mass is 79.9. The fourth-order valence-electron chi connectivity index (χ4n) is 1.12. The van der Waals surface area contributed by atoms with Crippen molar-refractivity contribution in [2.24, 2.45) is 5.92 Å². The summed E-state index contributed by atoms with van der Waals surface area (Å²) in [6.07, 6.45) is 0.197. The fourth-order valence-corrected chi connectivity index (χ4v) is 1.62. The highest BCUT2D eigenvalue weighted by Crippen LogP contribution is 2.22. The van der Waals surface area contributed by atoms with Crippen LogP contribution in [0.25, 0.3) is 0 Å². The fraction of sp³-hybridized carbons (Fsp3) is 0.300. The van der Waals surface area contributed by atoms with Gasteiger partial charge in [-0.1, -0.05) is 28.9 Å². The van der Waals surface area contributed by atoms with Gasteiger partial charge in [-0.25, -0.2) is 4.39 Å². The van der Waals surface area contributed by atoms with Gasteiger partial charge in [0.25, 0.3) is 0 Å². The van der Waals surface area contributed by atoms with Crippen molar-refractivity contribution in [3.63, 3.8) is 0 Å². The Morgan fingerprint density at radius 1 is 1.64 bits per heavy atom. The third kappa shape index (κ3) is 2.54. The minimum Gasteiger partial charge on any atom is -0.481 e. The quantitative estimate of drug-likeness (QED) is 0.908. The first-order chi connectivity index (χ1) is 6.52. The van der Waals surface area contributed by atoms with E-state index in [0.717, 1.165) is 0 Å². The largest absolute Gasteiger partial charge is 0.481 e. The van der Waals surface area contributed by atoms with Gasteiger partial charge in [0.15, 0.2) is 0 Å². The molecule has 14 heavy (non-hydrogen) atoms. The number of carbonyl (C=O) groups is 1. The summed E-state index contributed by atoms with van der Waals surface area (Å²) in [5.41, 5.74) is 0.419. The number of hydrogen-bond donors (Lipinski definition) is 1. The van der Waals surface area contributed by atoms with Gasteiger partial charge in [0, 0.05) is 10.0 Å². The monoisotopic (exact) mass is 260 g/mol. The molecule has 0 radical (unpaired) electrons. The van der Waals surface area contributed by atoms with Crippen LogP contribution >= 0.6 is 15.9 Å². The first-order valence-corrected chi connectivity index (χ1v) is 4.97. The molecule has 1 aromatic rings. The molecule has 0 fully saturated rings. The highest BCUT2D eigenvalue weighted by Gasteiger charge is 2.15. The normalized spacial score (nSPS) is 12.5. The zero-order valence-electron chi connectivity index (χ0n) is 7.63. The van der Waals surface area contributed by atoms with Crippen molar-refractivity contribution in [3.05, 3.63) is 34.1 Å². The standard InChI is InChI=1S/C10H10BrFO2/c1-6(10(13)14)5-7-8(11)3-2-4-9(7)12/h2-4,6H,5H2,1H3,(H,13,14). The summed E-state index contributed by atoms with van der Waals surface area (Å²) in [5, 5.41) is 8.69. The molecule has 1 N–H and O–H groups in total. The van der Waals surface area contributed by atoms with Crippen LogP contribution in [0.5, 0.6) is 0 Å². The number of aliphatic carboxylic acids is 1. The second kappa shape index (κ2) is 4.55. The Kier molecular flexibility index (Phi) is 3.63. The lowest BCUT2D eigenvalue weighted by Crippen LogP contribution is -2.13. The molecular weight excluding hydrogens is 251 g/mol. The van der Waals surface area contributed by atoms with Crippen LogP contribution in [-0.4, -0.2) is 11.1 Å². The van der Waals surface area contributed by atoms with Crippen LogP contribution in [0, 0.1) is 11.7 Å². The summed E-state index contributed by atoms with van der Waals surface area (Å²) in [6, 6.07) is 4.61. The van der Waals surface area contributed by atoms with E-state index >= 15 is 0 Å². The molecular formula is C10H10BrFO2. The minimum absolute atomic E-state index is 0.197. The molecule has 0 heterocycles. The highest BCUT2D eigenvalue weighted by molar-refractivity contribution is 9.10. The van der Waals surface area contributed by atoms with Crippen LogP contribution in [0.4, 0.5) is 4.39 Å². The lowest BCUT2D eigenvalue weighted by Gasteiger charge is -2.08. The maximum absolute atomic E-state index is 13.3. The van der Waals surface area contributed by atoms with Crippen molar-refractivity contribution in [2.45, 2.75) is 13.3 Å². The summed E-state index contributed by atoms with van der Waals surface area (Å²) in [4.78, 5) is 10.6. The van der Waals surface area contributed by atoms with Crippen LogP contribution in [0.3, 0.4) is 0 Å². The Labute approximate surface area is 89.9 Å². The van der Waals surface area contributed by atoms with Gasteiger partial charge < -0.3 is 5.11 Å². The second-order valence-electron chi connectivity index (χ2n) is 3.14. The first kappa shape index (κ1) is 11.2. The van der Waals surface area contributed by atoms with E-state index < -0.39 is 11.9 Å². The molecule has 1 aromatic carbocycles. The molecule has 0 amide bonds. The maximum Gasteiger partial charge on any atom is 0.306 e. The summed E-state index contributed by atoms with van der Waals surface area (Å²) in [7, 11) is 0. The molecule has 1 atom stereocenters. The molecule has 0 aliphatic carbocycles. The maximum atomic E-state index is 13.3. The number of benzene rings is 1. The molecule has 0 saturated carbocycles. The number of hydrogen-bond acceptors (Lipinski definition) is 1. The van der Waals surface area contributed by atoms with E-state index in [1.54, 1.807) is 19.1 Å². The Bertz CT molecular complexity index is 332. The van der Waals surface area contributed by atoms with E-state index in [4.69, 9.17) is 5.11 Å². The molecule has 0 aromatic heterocycles. The van der Waals surface area contributed by atoms with Crippen LogP contribution in [0.15, 0.2) is 22.7 Å². The lowest BCUT2D eigenvalue weighted by atomic mass is 10.0. The zero-order valence-corrected chi connectivity index (χ0v) is 9.21. The Balaban J connectivity index is 2.91. The SMILES string of the molecule is CC(Cc1c(F)cccc1Br)C(=O)O. The van der Waals surface area contributed by atoms with E-state index in [-0.39, 0.29) is 12.2 Å². The van der Waals surface area contributed by atoms with E-state index in [0.29, 0.717) is 10.0 Å². The Morgan fingerprint density at radius 2 is 2.29 bits per heavy atom. The van der Waals surface area contributed by atoms with Crippen molar-refractivity contribution in [1.82, 2.24) is 0 Å². The summed E-state index contributed by atoms with van der Waals surface area (Å²) in [6.45, 7) is 1.56. The molecule has 1 rings (SSSR count). The predicted molar refractivity (Wildman–Crippen MR) is 54.6 cm³/mol. The molecule has 0 saturated heterocycles. The first-order valence-electron chi connectivity index (χ1n) is 4.18. The van der Waals surface area contributed by atoms with Gasteiger partial charge in [-0.3, -0.25) is 4.79 Å². The van der Waals surface area contributed by atoms with Crippen molar-refractivity contribution >= 4 is 21.9 Å². The number of rotatable bonds is 3. The number of carboxylic acid groups (broad SMARTS) is 1. The molecule has 76 valence electrons. The van der Waals surface area contributed by atoms with Gasteiger partial charge in [-0.15, -0.1) is 0 Å². The smallest absolute Gasteiger partial charge is 0.306 e. The van der Waals surface area contributed by atoms with Crippen LogP contribution in [0.1, 0.15) is 12.5 Å². The molecule has 0 aliphatic rings. The minimum atomic E-state index is -0.917. The molecule has 0 aliphatic heterocycles. The second-order valence-corrected chi connectivity index (χ2v) is 4.00. The third-order valence-electron chi connectivity index (χ3n) is 1.99. The Hall–Kier alpha value is -0.900. The number of carboxylic acids is 1. The molecule has 2 nitrogen and oxygen atoms in total. The van der Waals surface area contributed by atoms with Crippen LogP contribution in [-0.2, 0) is 11.2 Å². The van der Waals surface area contributed by atoms with E-state index in [9.17, 15) is 9.18 Å². The van der Waals surface area contributed by atoms with Crippen molar-refractivity contribution in [1.29, 1.82) is 0 Å². The van der Waals surface area contributed by atoms with Crippen LogP contribution < -0.4 is 0 Å². The topological polar surface area (TPSA) is 37.3 Å². The van der Waals surface area contributed by atoms with Gasteiger partial charge >= 0.3 is 5.97 Å². The average molecular weight is 261 g/mol. The molecule has 1 unspecified atom stereocenters. The predicted octanol–water partition coefficient (Wildman–Crippen LogP) is 2.85. The van der Waals surface area contributed by atoms with E-state index in [1.807, 2.05) is 0 Å². The molecule has 4 heteroatoms. The van der Waals surface area contributed by atoms with Crippen LogP contribution in [0.2, 0.25) is 0 Å². The average Bonchev–Trinajstić information content (AvgIpc) is 2.11. The van der Waals surface area contributed by atoms with Crippen molar-refractivity contribution in [3.8, 4) is 0 Å². The van der Waals surface area contributed by atoms with E-state index in [1.165, 1.54) is 6.07 Å². The van der Waals surface area contributed by atoms with Crippen molar-refractivity contribution in [2.75, 3.05) is 0 Å². The van der Waals surface area contributed by atoms with Gasteiger partial charge in [-0.2, -0.15) is 0 Å². The lowest BCUT2D eigenvalue weighted by molar-refractivity contribution is -0.141. The molecule has 0 spiro atoms. The van der Waals surface area contributed by atoms with Crippen molar-refractivity contribution < 1.29 is 14.3 Å². The van der Waals surface area contributed by atoms with Gasteiger partial charge in [0.1, 0.15) is 5.82 Å². The summed E-state index contributed by atoms with van der Waals surface area (Å²) < 4.78 is 13.9.